The van der Waals surface area contributed by atoms with E-state index in [1.54, 1.807) is 0 Å². The van der Waals surface area contributed by atoms with Crippen LogP contribution in [0.5, 0.6) is 0 Å². The van der Waals surface area contributed by atoms with Crippen molar-refractivity contribution in [1.29, 1.82) is 0 Å². The highest BCUT2D eigenvalue weighted by molar-refractivity contribution is 6.30. The van der Waals surface area contributed by atoms with Crippen LogP contribution in [0.4, 0.5) is 0 Å². The number of halogens is 1. The van der Waals surface area contributed by atoms with Crippen LogP contribution in [-0.4, -0.2) is 24.4 Å². The summed E-state index contributed by atoms with van der Waals surface area (Å²) < 4.78 is 0. The fourth-order valence-electron chi connectivity index (χ4n) is 1.78. The Kier molecular flexibility index (Phi) is 6.12. The Hall–Kier alpha value is -1.10. The molecule has 0 fully saturated rings. The maximum absolute atomic E-state index is 11.0. The highest BCUT2D eigenvalue weighted by Crippen LogP contribution is 2.21. The lowest BCUT2D eigenvalue weighted by atomic mass is 10.1. The smallest absolute Gasteiger partial charge is 0.233 e. The van der Waals surface area contributed by atoms with E-state index in [4.69, 9.17) is 17.4 Å². The Bertz CT molecular complexity index is 398. The van der Waals surface area contributed by atoms with Crippen LogP contribution in [-0.2, 0) is 4.79 Å². The van der Waals surface area contributed by atoms with Crippen molar-refractivity contribution in [3.05, 3.63) is 34.9 Å². The normalized spacial score (nSPS) is 12.5. The molecule has 1 rings (SSSR count). The highest BCUT2D eigenvalue weighted by atomic mass is 35.5. The zero-order chi connectivity index (χ0) is 13.5. The molecule has 0 saturated carbocycles. The molecule has 0 aromatic heterocycles. The first kappa shape index (κ1) is 15.0. The molecule has 0 radical (unpaired) electrons. The second-order valence-corrected chi connectivity index (χ2v) is 4.82. The van der Waals surface area contributed by atoms with E-state index in [1.807, 2.05) is 25.2 Å². The molecule has 1 atom stereocenters. The minimum atomic E-state index is -0.126. The molecule has 0 heterocycles. The third-order valence-corrected chi connectivity index (χ3v) is 3.30. The van der Waals surface area contributed by atoms with E-state index in [0.29, 0.717) is 6.42 Å². The van der Waals surface area contributed by atoms with Crippen molar-refractivity contribution < 1.29 is 4.79 Å². The number of nitrogens with two attached hydrogens (primary N) is 1. The predicted octanol–water partition coefficient (Wildman–Crippen LogP) is 2.10. The maximum atomic E-state index is 11.0. The number of hydrogen-bond acceptors (Lipinski definition) is 3. The SMILES string of the molecule is CC(c1cccc(Cl)c1)N(C)CCCC(=O)NN. The molecular formula is C13H20ClN3O. The Morgan fingerprint density at radius 3 is 2.89 bits per heavy atom. The van der Waals surface area contributed by atoms with E-state index >= 15 is 0 Å². The van der Waals surface area contributed by atoms with Gasteiger partial charge in [-0.05, 0) is 44.6 Å². The summed E-state index contributed by atoms with van der Waals surface area (Å²) in [5.74, 6) is 4.90. The van der Waals surface area contributed by atoms with Gasteiger partial charge in [-0.2, -0.15) is 0 Å². The van der Waals surface area contributed by atoms with Gasteiger partial charge in [-0.3, -0.25) is 15.1 Å². The average Bonchev–Trinajstić information content (AvgIpc) is 2.37. The lowest BCUT2D eigenvalue weighted by Crippen LogP contribution is -2.31. The van der Waals surface area contributed by atoms with E-state index in [0.717, 1.165) is 18.0 Å². The molecule has 0 aliphatic carbocycles. The van der Waals surface area contributed by atoms with Gasteiger partial charge in [0.25, 0.3) is 0 Å². The van der Waals surface area contributed by atoms with Gasteiger partial charge in [-0.25, -0.2) is 5.84 Å². The van der Waals surface area contributed by atoms with E-state index in [-0.39, 0.29) is 11.9 Å². The van der Waals surface area contributed by atoms with E-state index in [2.05, 4.69) is 23.3 Å². The van der Waals surface area contributed by atoms with Gasteiger partial charge >= 0.3 is 0 Å². The van der Waals surface area contributed by atoms with Crippen molar-refractivity contribution in [2.45, 2.75) is 25.8 Å². The molecule has 4 nitrogen and oxygen atoms in total. The van der Waals surface area contributed by atoms with Gasteiger partial charge in [0.1, 0.15) is 0 Å². The zero-order valence-corrected chi connectivity index (χ0v) is 11.6. The molecule has 5 heteroatoms. The van der Waals surface area contributed by atoms with Gasteiger partial charge in [-0.15, -0.1) is 0 Å². The minimum Gasteiger partial charge on any atom is -0.300 e. The number of hydrazine groups is 1. The van der Waals surface area contributed by atoms with Crippen molar-refractivity contribution >= 4 is 17.5 Å². The summed E-state index contributed by atoms with van der Waals surface area (Å²) in [5, 5.41) is 0.746. The fraction of sp³-hybridized carbons (Fsp3) is 0.462. The number of hydrogen-bond donors (Lipinski definition) is 2. The van der Waals surface area contributed by atoms with E-state index in [1.165, 1.54) is 5.56 Å². The van der Waals surface area contributed by atoms with Crippen LogP contribution in [0.15, 0.2) is 24.3 Å². The van der Waals surface area contributed by atoms with Crippen LogP contribution in [0.3, 0.4) is 0 Å². The summed E-state index contributed by atoms with van der Waals surface area (Å²) in [4.78, 5) is 13.2. The number of carbonyl (C=O) groups is 1. The number of benzene rings is 1. The first-order valence-electron chi connectivity index (χ1n) is 5.99. The topological polar surface area (TPSA) is 58.4 Å². The predicted molar refractivity (Wildman–Crippen MR) is 74.1 cm³/mol. The Labute approximate surface area is 113 Å². The summed E-state index contributed by atoms with van der Waals surface area (Å²) >= 11 is 5.97. The number of carbonyl (C=O) groups excluding carboxylic acids is 1. The molecule has 0 saturated heterocycles. The third kappa shape index (κ3) is 4.64. The number of amides is 1. The van der Waals surface area contributed by atoms with Crippen LogP contribution >= 0.6 is 11.6 Å². The molecule has 18 heavy (non-hydrogen) atoms. The average molecular weight is 270 g/mol. The number of nitrogens with zero attached hydrogens (tertiary/aromatic N) is 1. The van der Waals surface area contributed by atoms with Gasteiger partial charge in [0.2, 0.25) is 5.91 Å². The largest absolute Gasteiger partial charge is 0.300 e. The van der Waals surface area contributed by atoms with Crippen molar-refractivity contribution in [1.82, 2.24) is 10.3 Å². The monoisotopic (exact) mass is 269 g/mol. The first-order valence-corrected chi connectivity index (χ1v) is 6.37. The lowest BCUT2D eigenvalue weighted by Gasteiger charge is -2.25. The van der Waals surface area contributed by atoms with Crippen molar-refractivity contribution in [2.24, 2.45) is 5.84 Å². The minimum absolute atomic E-state index is 0.126. The molecule has 3 N–H and O–H groups in total. The summed E-state index contributed by atoms with van der Waals surface area (Å²) in [7, 11) is 2.03. The van der Waals surface area contributed by atoms with E-state index < -0.39 is 0 Å². The Morgan fingerprint density at radius 1 is 1.56 bits per heavy atom. The molecule has 100 valence electrons. The van der Waals surface area contributed by atoms with Crippen molar-refractivity contribution in [3.8, 4) is 0 Å². The summed E-state index contributed by atoms with van der Waals surface area (Å²) in [6.45, 7) is 2.95. The molecule has 1 aromatic carbocycles. The van der Waals surface area contributed by atoms with Gasteiger partial charge < -0.3 is 0 Å². The maximum Gasteiger partial charge on any atom is 0.233 e. The molecule has 1 unspecified atom stereocenters. The molecular weight excluding hydrogens is 250 g/mol. The standard InChI is InChI=1S/C13H20ClN3O/c1-10(11-5-3-6-12(14)9-11)17(2)8-4-7-13(18)16-15/h3,5-6,9-10H,4,7-8,15H2,1-2H3,(H,16,18). The molecule has 0 aliphatic heterocycles. The van der Waals surface area contributed by atoms with Crippen molar-refractivity contribution in [3.63, 3.8) is 0 Å². The summed E-state index contributed by atoms with van der Waals surface area (Å²) in [5.41, 5.74) is 3.31. The van der Waals surface area contributed by atoms with Gasteiger partial charge in [0.05, 0.1) is 0 Å². The zero-order valence-electron chi connectivity index (χ0n) is 10.8. The molecule has 0 bridgehead atoms. The molecule has 1 aromatic rings. The summed E-state index contributed by atoms with van der Waals surface area (Å²) in [6.07, 6.45) is 1.23. The van der Waals surface area contributed by atoms with Gasteiger partial charge in [0.15, 0.2) is 0 Å². The summed E-state index contributed by atoms with van der Waals surface area (Å²) in [6, 6.07) is 8.10. The Balaban J connectivity index is 2.46. The molecule has 0 aliphatic rings. The van der Waals surface area contributed by atoms with E-state index in [9.17, 15) is 4.79 Å². The number of nitrogens with one attached hydrogen (secondary N) is 1. The quantitative estimate of drug-likeness (QED) is 0.472. The lowest BCUT2D eigenvalue weighted by molar-refractivity contribution is -0.121. The van der Waals surface area contributed by atoms with Crippen LogP contribution in [0.1, 0.15) is 31.4 Å². The molecule has 0 spiro atoms. The number of rotatable bonds is 6. The van der Waals surface area contributed by atoms with Crippen LogP contribution in [0, 0.1) is 0 Å². The first-order chi connectivity index (χ1) is 8.54. The third-order valence-electron chi connectivity index (χ3n) is 3.07. The Morgan fingerprint density at radius 2 is 2.28 bits per heavy atom. The second-order valence-electron chi connectivity index (χ2n) is 4.38. The fourth-order valence-corrected chi connectivity index (χ4v) is 1.97. The van der Waals surface area contributed by atoms with Crippen LogP contribution < -0.4 is 11.3 Å². The van der Waals surface area contributed by atoms with Gasteiger partial charge in [0, 0.05) is 17.5 Å². The van der Waals surface area contributed by atoms with Crippen molar-refractivity contribution in [2.75, 3.05) is 13.6 Å². The van der Waals surface area contributed by atoms with Gasteiger partial charge in [-0.1, -0.05) is 23.7 Å². The van der Waals surface area contributed by atoms with Crippen LogP contribution in [0.25, 0.3) is 0 Å². The second kappa shape index (κ2) is 7.36. The van der Waals surface area contributed by atoms with Crippen LogP contribution in [0.2, 0.25) is 5.02 Å². The molecule has 1 amide bonds. The highest BCUT2D eigenvalue weighted by Gasteiger charge is 2.12.